The number of hydrogen-bond donors (Lipinski definition) is 0. The van der Waals surface area contributed by atoms with Crippen LogP contribution in [0.4, 0.5) is 10.5 Å². The van der Waals surface area contributed by atoms with E-state index in [0.717, 1.165) is 23.1 Å². The van der Waals surface area contributed by atoms with Crippen LogP contribution in [0.15, 0.2) is 47.4 Å². The molecule has 2 aromatic rings. The van der Waals surface area contributed by atoms with Crippen LogP contribution in [0.5, 0.6) is 11.5 Å². The molecule has 0 radical (unpaired) electrons. The van der Waals surface area contributed by atoms with Crippen LogP contribution in [-0.4, -0.2) is 47.0 Å². The van der Waals surface area contributed by atoms with Gasteiger partial charge in [0.2, 0.25) is 0 Å². The first kappa shape index (κ1) is 23.0. The molecular formula is C22H20N2O7S. The van der Waals surface area contributed by atoms with Gasteiger partial charge < -0.3 is 9.47 Å². The lowest BCUT2D eigenvalue weighted by Gasteiger charge is -2.11. The Bertz CT molecular complexity index is 1100. The van der Waals surface area contributed by atoms with Crippen molar-refractivity contribution in [2.45, 2.75) is 13.3 Å². The molecule has 1 heterocycles. The van der Waals surface area contributed by atoms with Gasteiger partial charge in [0.05, 0.1) is 30.1 Å². The van der Waals surface area contributed by atoms with Crippen molar-refractivity contribution < 1.29 is 28.8 Å². The van der Waals surface area contributed by atoms with Gasteiger partial charge in [-0.05, 0) is 54.1 Å². The summed E-state index contributed by atoms with van der Waals surface area (Å²) in [4.78, 5) is 48.7. The molecule has 1 saturated heterocycles. The van der Waals surface area contributed by atoms with Gasteiger partial charge in [-0.1, -0.05) is 13.0 Å². The zero-order chi connectivity index (χ0) is 23.3. The molecule has 1 aliphatic heterocycles. The largest absolute Gasteiger partial charge is 0.493 e. The fourth-order valence-corrected chi connectivity index (χ4v) is 3.74. The van der Waals surface area contributed by atoms with Crippen LogP contribution in [0.1, 0.15) is 29.3 Å². The van der Waals surface area contributed by atoms with Gasteiger partial charge in [0.1, 0.15) is 0 Å². The summed E-state index contributed by atoms with van der Waals surface area (Å²) in [7, 11) is 1.51. The number of amides is 2. The minimum Gasteiger partial charge on any atom is -0.493 e. The number of Topliss-reactive ketones (excluding diaryl/α,β-unsaturated/α-hetero) is 1. The fourth-order valence-electron chi connectivity index (χ4n) is 2.90. The number of rotatable bonds is 9. The second-order valence-electron chi connectivity index (χ2n) is 6.75. The zero-order valence-electron chi connectivity index (χ0n) is 17.4. The minimum absolute atomic E-state index is 0.155. The number of ketones is 1. The van der Waals surface area contributed by atoms with Gasteiger partial charge in [-0.15, -0.1) is 0 Å². The summed E-state index contributed by atoms with van der Waals surface area (Å²) in [5.74, 6) is -0.00356. The maximum Gasteiger partial charge on any atom is 0.293 e. The smallest absolute Gasteiger partial charge is 0.293 e. The maximum atomic E-state index is 12.7. The first-order valence-corrected chi connectivity index (χ1v) is 10.5. The number of ether oxygens (including phenoxy) is 2. The fraction of sp³-hybridized carbons (Fsp3) is 0.227. The van der Waals surface area contributed by atoms with E-state index in [1.807, 2.05) is 6.92 Å². The molecular weight excluding hydrogens is 436 g/mol. The highest BCUT2D eigenvalue weighted by molar-refractivity contribution is 8.18. The van der Waals surface area contributed by atoms with Crippen LogP contribution >= 0.6 is 11.8 Å². The van der Waals surface area contributed by atoms with Gasteiger partial charge in [0.25, 0.3) is 16.8 Å². The number of hydrogen-bond acceptors (Lipinski definition) is 8. The number of non-ortho nitro benzene ring substituents is 1. The highest BCUT2D eigenvalue weighted by Crippen LogP contribution is 2.34. The van der Waals surface area contributed by atoms with Crippen LogP contribution in [0, 0.1) is 10.1 Å². The molecule has 0 aromatic heterocycles. The van der Waals surface area contributed by atoms with E-state index in [1.165, 1.54) is 31.4 Å². The summed E-state index contributed by atoms with van der Waals surface area (Å²) < 4.78 is 10.9. The monoisotopic (exact) mass is 456 g/mol. The molecule has 32 heavy (non-hydrogen) atoms. The Labute approximate surface area is 188 Å². The molecule has 9 nitrogen and oxygen atoms in total. The van der Waals surface area contributed by atoms with E-state index in [4.69, 9.17) is 9.47 Å². The van der Waals surface area contributed by atoms with Gasteiger partial charge in [-0.3, -0.25) is 29.4 Å². The summed E-state index contributed by atoms with van der Waals surface area (Å²) in [6.07, 6.45) is 2.39. The summed E-state index contributed by atoms with van der Waals surface area (Å²) >= 11 is 0.737. The molecule has 1 aliphatic rings. The van der Waals surface area contributed by atoms with Gasteiger partial charge in [-0.25, -0.2) is 0 Å². The molecule has 2 amide bonds. The van der Waals surface area contributed by atoms with Crippen molar-refractivity contribution in [2.75, 3.05) is 20.3 Å². The van der Waals surface area contributed by atoms with E-state index >= 15 is 0 Å². The molecule has 0 N–H and O–H groups in total. The van der Waals surface area contributed by atoms with Crippen LogP contribution in [0.2, 0.25) is 0 Å². The van der Waals surface area contributed by atoms with Gasteiger partial charge >= 0.3 is 0 Å². The standard InChI is InChI=1S/C22H20N2O7S/c1-3-10-31-18-9-4-14(11-19(18)30-2)12-20-21(26)23(22(27)32-20)13-17(25)15-5-7-16(8-6-15)24(28)29/h4-9,11-12H,3,10,13H2,1-2H3/b20-12-. The predicted octanol–water partition coefficient (Wildman–Crippen LogP) is 4.31. The van der Waals surface area contributed by atoms with Gasteiger partial charge in [-0.2, -0.15) is 0 Å². The zero-order valence-corrected chi connectivity index (χ0v) is 18.2. The molecule has 0 bridgehead atoms. The molecule has 2 aromatic carbocycles. The highest BCUT2D eigenvalue weighted by Gasteiger charge is 2.36. The first-order valence-electron chi connectivity index (χ1n) is 9.68. The summed E-state index contributed by atoms with van der Waals surface area (Å²) in [6, 6.07) is 10.1. The van der Waals surface area contributed by atoms with Crippen molar-refractivity contribution in [3.63, 3.8) is 0 Å². The molecule has 166 valence electrons. The average molecular weight is 456 g/mol. The number of benzene rings is 2. The second kappa shape index (κ2) is 10.1. The average Bonchev–Trinajstić information content (AvgIpc) is 3.05. The third kappa shape index (κ3) is 5.14. The Morgan fingerprint density at radius 3 is 2.50 bits per heavy atom. The third-order valence-electron chi connectivity index (χ3n) is 4.52. The molecule has 0 unspecified atom stereocenters. The number of carbonyl (C=O) groups is 3. The third-order valence-corrected chi connectivity index (χ3v) is 5.43. The number of thioether (sulfide) groups is 1. The van der Waals surface area contributed by atoms with Crippen molar-refractivity contribution in [3.8, 4) is 11.5 Å². The van der Waals surface area contributed by atoms with Crippen LogP contribution < -0.4 is 9.47 Å². The number of nitrogens with zero attached hydrogens (tertiary/aromatic N) is 2. The van der Waals surface area contributed by atoms with Crippen molar-refractivity contribution in [1.29, 1.82) is 0 Å². The lowest BCUT2D eigenvalue weighted by molar-refractivity contribution is -0.384. The number of nitro groups is 1. The number of imide groups is 1. The molecule has 0 atom stereocenters. The van der Waals surface area contributed by atoms with E-state index < -0.39 is 28.4 Å². The van der Waals surface area contributed by atoms with Gasteiger partial charge in [0.15, 0.2) is 17.3 Å². The van der Waals surface area contributed by atoms with E-state index in [1.54, 1.807) is 24.3 Å². The number of methoxy groups -OCH3 is 1. The Kier molecular flexibility index (Phi) is 7.26. The van der Waals surface area contributed by atoms with E-state index in [0.29, 0.717) is 23.7 Å². The Morgan fingerprint density at radius 2 is 1.88 bits per heavy atom. The Hall–Kier alpha value is -3.66. The van der Waals surface area contributed by atoms with Crippen molar-refractivity contribution in [2.24, 2.45) is 0 Å². The van der Waals surface area contributed by atoms with E-state index in [9.17, 15) is 24.5 Å². The van der Waals surface area contributed by atoms with Crippen LogP contribution in [-0.2, 0) is 4.79 Å². The molecule has 0 aliphatic carbocycles. The maximum absolute atomic E-state index is 12.7. The predicted molar refractivity (Wildman–Crippen MR) is 119 cm³/mol. The molecule has 3 rings (SSSR count). The molecule has 10 heteroatoms. The van der Waals surface area contributed by atoms with Crippen molar-refractivity contribution in [3.05, 3.63) is 68.6 Å². The van der Waals surface area contributed by atoms with Crippen LogP contribution in [0.3, 0.4) is 0 Å². The Balaban J connectivity index is 1.74. The highest BCUT2D eigenvalue weighted by atomic mass is 32.2. The van der Waals surface area contributed by atoms with E-state index in [2.05, 4.69) is 0 Å². The van der Waals surface area contributed by atoms with Crippen molar-refractivity contribution >= 4 is 40.5 Å². The quantitative estimate of drug-likeness (QED) is 0.237. The molecule has 1 fully saturated rings. The SMILES string of the molecule is CCCOc1ccc(/C=C2\SC(=O)N(CC(=O)c3ccc([N+](=O)[O-])cc3)C2=O)cc1OC. The summed E-state index contributed by atoms with van der Waals surface area (Å²) in [5, 5.41) is 10.2. The minimum atomic E-state index is -0.583. The lowest BCUT2D eigenvalue weighted by atomic mass is 10.1. The summed E-state index contributed by atoms with van der Waals surface area (Å²) in [5.41, 5.74) is 0.654. The molecule has 0 saturated carbocycles. The van der Waals surface area contributed by atoms with Gasteiger partial charge in [0, 0.05) is 17.7 Å². The van der Waals surface area contributed by atoms with E-state index in [-0.39, 0.29) is 16.2 Å². The van der Waals surface area contributed by atoms with Crippen molar-refractivity contribution in [1.82, 2.24) is 4.90 Å². The topological polar surface area (TPSA) is 116 Å². The Morgan fingerprint density at radius 1 is 1.16 bits per heavy atom. The summed E-state index contributed by atoms with van der Waals surface area (Å²) in [6.45, 7) is 2.08. The van der Waals surface area contributed by atoms with Crippen LogP contribution in [0.25, 0.3) is 6.08 Å². The number of nitro benzene ring substituents is 1. The normalized spacial score (nSPS) is 14.7. The number of carbonyl (C=O) groups excluding carboxylic acids is 3. The molecule has 0 spiro atoms. The lowest BCUT2D eigenvalue weighted by Crippen LogP contribution is -2.33. The second-order valence-corrected chi connectivity index (χ2v) is 7.75. The first-order chi connectivity index (χ1) is 15.3.